The summed E-state index contributed by atoms with van der Waals surface area (Å²) < 4.78 is 16.9. The molecule has 216 valence electrons. The van der Waals surface area contributed by atoms with Gasteiger partial charge >= 0.3 is 6.09 Å². The topological polar surface area (TPSA) is 132 Å². The number of ether oxygens (including phenoxy) is 3. The van der Waals surface area contributed by atoms with E-state index in [9.17, 15) is 14.7 Å². The number of allylic oxidation sites excluding steroid dienone is 1. The minimum absolute atomic E-state index is 0.129. The number of anilines is 3. The first-order valence-electron chi connectivity index (χ1n) is 13.6. The number of benzene rings is 4. The van der Waals surface area contributed by atoms with Crippen LogP contribution < -0.4 is 25.8 Å². The number of phenols is 1. The number of aromatic hydroxyl groups is 1. The van der Waals surface area contributed by atoms with Crippen molar-refractivity contribution in [2.24, 2.45) is 5.41 Å². The van der Waals surface area contributed by atoms with Crippen molar-refractivity contribution in [3.8, 4) is 17.2 Å². The molecule has 42 heavy (non-hydrogen) atoms. The van der Waals surface area contributed by atoms with Crippen molar-refractivity contribution >= 4 is 39.8 Å². The molecule has 9 nitrogen and oxygen atoms in total. The van der Waals surface area contributed by atoms with E-state index in [-0.39, 0.29) is 18.4 Å². The third kappa shape index (κ3) is 6.41. The average molecular weight is 568 g/mol. The van der Waals surface area contributed by atoms with Crippen molar-refractivity contribution in [3.63, 3.8) is 0 Å². The Morgan fingerprint density at radius 3 is 2.52 bits per heavy atom. The fourth-order valence-corrected chi connectivity index (χ4v) is 4.97. The third-order valence-corrected chi connectivity index (χ3v) is 7.21. The van der Waals surface area contributed by atoms with Crippen LogP contribution in [0.3, 0.4) is 0 Å². The van der Waals surface area contributed by atoms with Crippen molar-refractivity contribution in [2.45, 2.75) is 32.8 Å². The van der Waals surface area contributed by atoms with Crippen LogP contribution in [0.2, 0.25) is 0 Å². The largest absolute Gasteiger partial charge is 0.507 e. The van der Waals surface area contributed by atoms with Crippen molar-refractivity contribution in [1.82, 2.24) is 0 Å². The molecule has 0 saturated carbocycles. The fourth-order valence-electron chi connectivity index (χ4n) is 4.97. The Balaban J connectivity index is 1.34. The molecule has 0 bridgehead atoms. The zero-order valence-corrected chi connectivity index (χ0v) is 23.4. The molecule has 4 aromatic carbocycles. The summed E-state index contributed by atoms with van der Waals surface area (Å²) in [6.45, 7) is 4.14. The highest BCUT2D eigenvalue weighted by Crippen LogP contribution is 2.44. The monoisotopic (exact) mass is 567 g/mol. The average Bonchev–Trinajstić information content (AvgIpc) is 3.44. The number of rotatable bonds is 9. The predicted molar refractivity (Wildman–Crippen MR) is 163 cm³/mol. The van der Waals surface area contributed by atoms with Crippen LogP contribution in [0.25, 0.3) is 10.8 Å². The number of nitrogens with two attached hydrogens (primary N) is 1. The van der Waals surface area contributed by atoms with E-state index in [0.717, 1.165) is 10.9 Å². The summed E-state index contributed by atoms with van der Waals surface area (Å²) in [6, 6.07) is 23.0. The molecule has 0 fully saturated rings. The van der Waals surface area contributed by atoms with Gasteiger partial charge in [0.15, 0.2) is 11.5 Å². The molecule has 0 unspecified atom stereocenters. The lowest BCUT2D eigenvalue weighted by Crippen LogP contribution is -2.29. The molecule has 2 amide bonds. The minimum atomic E-state index is -0.691. The molecule has 5 N–H and O–H groups in total. The van der Waals surface area contributed by atoms with Gasteiger partial charge in [0.1, 0.15) is 11.9 Å². The first kappa shape index (κ1) is 28.4. The van der Waals surface area contributed by atoms with E-state index < -0.39 is 17.6 Å². The lowest BCUT2D eigenvalue weighted by molar-refractivity contribution is -0.111. The molecule has 1 heterocycles. The second-order valence-electron chi connectivity index (χ2n) is 10.7. The Labute approximate surface area is 243 Å². The zero-order chi connectivity index (χ0) is 29.7. The van der Waals surface area contributed by atoms with E-state index in [1.54, 1.807) is 60.7 Å². The number of carbonyl (C=O) groups is 2. The summed E-state index contributed by atoms with van der Waals surface area (Å²) in [5.74, 6) is 1.01. The summed E-state index contributed by atoms with van der Waals surface area (Å²) in [7, 11) is 0. The highest BCUT2D eigenvalue weighted by Gasteiger charge is 2.35. The van der Waals surface area contributed by atoms with E-state index >= 15 is 0 Å². The van der Waals surface area contributed by atoms with E-state index in [1.165, 1.54) is 6.08 Å². The van der Waals surface area contributed by atoms with Gasteiger partial charge in [-0.25, -0.2) is 4.79 Å². The van der Waals surface area contributed by atoms with Gasteiger partial charge in [0.05, 0.1) is 11.4 Å². The Bertz CT molecular complexity index is 1650. The van der Waals surface area contributed by atoms with Gasteiger partial charge in [0.25, 0.3) is 0 Å². The molecule has 0 aliphatic carbocycles. The normalized spacial score (nSPS) is 13.2. The number of hydrogen-bond acceptors (Lipinski definition) is 7. The van der Waals surface area contributed by atoms with Crippen molar-refractivity contribution in [2.75, 3.05) is 23.2 Å². The summed E-state index contributed by atoms with van der Waals surface area (Å²) in [4.78, 5) is 25.7. The minimum Gasteiger partial charge on any atom is -0.507 e. The third-order valence-electron chi connectivity index (χ3n) is 7.21. The number of hydrogen-bond donors (Lipinski definition) is 4. The van der Waals surface area contributed by atoms with Crippen LogP contribution in [0, 0.1) is 5.41 Å². The Hall–Kier alpha value is -5.18. The predicted octanol–water partition coefficient (Wildman–Crippen LogP) is 7.15. The number of nitrogen functional groups attached to an aromatic ring is 1. The maximum absolute atomic E-state index is 13.2. The second-order valence-corrected chi connectivity index (χ2v) is 10.7. The molecule has 4 aromatic rings. The van der Waals surface area contributed by atoms with Crippen LogP contribution in [0.5, 0.6) is 17.2 Å². The zero-order valence-electron chi connectivity index (χ0n) is 23.4. The van der Waals surface area contributed by atoms with Crippen LogP contribution in [0.15, 0.2) is 91.0 Å². The van der Waals surface area contributed by atoms with Gasteiger partial charge in [-0.2, -0.15) is 0 Å². The van der Waals surface area contributed by atoms with Crippen LogP contribution in [0.4, 0.5) is 21.9 Å². The van der Waals surface area contributed by atoms with Gasteiger partial charge in [0, 0.05) is 28.1 Å². The molecule has 5 rings (SSSR count). The van der Waals surface area contributed by atoms with E-state index in [4.69, 9.17) is 19.9 Å². The second kappa shape index (κ2) is 12.1. The Morgan fingerprint density at radius 1 is 0.976 bits per heavy atom. The molecule has 1 aliphatic rings. The van der Waals surface area contributed by atoms with Crippen LogP contribution in [-0.2, 0) is 9.53 Å². The summed E-state index contributed by atoms with van der Waals surface area (Å²) in [6.07, 6.45) is 3.06. The van der Waals surface area contributed by atoms with Gasteiger partial charge < -0.3 is 30.4 Å². The van der Waals surface area contributed by atoms with Gasteiger partial charge in [0.2, 0.25) is 12.7 Å². The molecular formula is C33H33N3O6. The number of nitrogens with one attached hydrogen (secondary N) is 2. The number of phenolic OH excluding ortho intramolecular Hbond substituents is 1. The molecule has 0 saturated heterocycles. The maximum atomic E-state index is 13.2. The van der Waals surface area contributed by atoms with Crippen molar-refractivity contribution in [1.29, 1.82) is 0 Å². The molecule has 0 spiro atoms. The lowest BCUT2D eigenvalue weighted by Gasteiger charge is -2.35. The van der Waals surface area contributed by atoms with Crippen molar-refractivity contribution in [3.05, 3.63) is 96.6 Å². The number of carbonyl (C=O) groups excluding carboxylic acids is 2. The standard InChI is InChI=1S/C33H33N3O6/c1-33(2,18-8-7-13-30(38)36-26-12-6-5-11-25(26)34)31(24-15-16-27(37)23-10-4-3-9-22(23)24)42-32(39)35-21-14-17-28-29(19-21)41-20-40-28/h3-7,9-17,19,31,37H,8,18,20,34H2,1-2H3,(H,35,39)(H,36,38)/b13-7+/t31-/m0/s1. The molecule has 1 atom stereocenters. The molecule has 1 aliphatic heterocycles. The first-order valence-corrected chi connectivity index (χ1v) is 13.6. The van der Waals surface area contributed by atoms with Gasteiger partial charge in [-0.3, -0.25) is 10.1 Å². The number of amides is 2. The van der Waals surface area contributed by atoms with E-state index in [2.05, 4.69) is 10.6 Å². The fraction of sp³-hybridized carbons (Fsp3) is 0.212. The van der Waals surface area contributed by atoms with Gasteiger partial charge in [-0.15, -0.1) is 0 Å². The SMILES string of the molecule is CC(C)(CC/C=C/C(=O)Nc1ccccc1N)[C@@H](OC(=O)Nc1ccc2c(c1)OCO2)c1ccc(O)c2ccccc12. The number of fused-ring (bicyclic) bond motifs is 2. The molecule has 0 aromatic heterocycles. The highest BCUT2D eigenvalue weighted by molar-refractivity contribution is 6.01. The Kier molecular flexibility index (Phi) is 8.19. The van der Waals surface area contributed by atoms with E-state index in [0.29, 0.717) is 46.8 Å². The number of para-hydroxylation sites is 2. The summed E-state index contributed by atoms with van der Waals surface area (Å²) >= 11 is 0. The molecular weight excluding hydrogens is 534 g/mol. The molecule has 0 radical (unpaired) electrons. The first-order chi connectivity index (χ1) is 20.2. The van der Waals surface area contributed by atoms with E-state index in [1.807, 2.05) is 38.1 Å². The molecule has 9 heteroatoms. The summed E-state index contributed by atoms with van der Waals surface area (Å²) in [5, 5.41) is 17.5. The van der Waals surface area contributed by atoms with Gasteiger partial charge in [-0.05, 0) is 54.6 Å². The highest BCUT2D eigenvalue weighted by atomic mass is 16.7. The maximum Gasteiger partial charge on any atom is 0.412 e. The van der Waals surface area contributed by atoms with Crippen LogP contribution in [-0.4, -0.2) is 23.9 Å². The lowest BCUT2D eigenvalue weighted by atomic mass is 9.77. The quantitative estimate of drug-likeness (QED) is 0.125. The van der Waals surface area contributed by atoms with Crippen molar-refractivity contribution < 1.29 is 28.9 Å². The Morgan fingerprint density at radius 2 is 1.71 bits per heavy atom. The summed E-state index contributed by atoms with van der Waals surface area (Å²) in [5.41, 5.74) is 7.64. The smallest absolute Gasteiger partial charge is 0.412 e. The van der Waals surface area contributed by atoms with Crippen LogP contribution >= 0.6 is 0 Å². The van der Waals surface area contributed by atoms with Crippen LogP contribution in [0.1, 0.15) is 38.4 Å². The van der Waals surface area contributed by atoms with Gasteiger partial charge in [-0.1, -0.05) is 62.4 Å².